The molecule has 1 atom stereocenters. The van der Waals surface area contributed by atoms with Crippen LogP contribution in [-0.4, -0.2) is 25.1 Å². The van der Waals surface area contributed by atoms with Crippen molar-refractivity contribution in [2.24, 2.45) is 5.73 Å². The second-order valence-corrected chi connectivity index (χ2v) is 4.65. The summed E-state index contributed by atoms with van der Waals surface area (Å²) in [5.74, 6) is -0.307. The molecule has 0 saturated heterocycles. The highest BCUT2D eigenvalue weighted by Gasteiger charge is 2.13. The number of carbonyl (C=O) groups is 1. The molecule has 1 unspecified atom stereocenters. The second kappa shape index (κ2) is 8.53. The first-order valence-electron chi connectivity index (χ1n) is 7.00. The van der Waals surface area contributed by atoms with Gasteiger partial charge in [-0.15, -0.1) is 0 Å². The molecule has 20 heavy (non-hydrogen) atoms. The topological polar surface area (TPSA) is 64.3 Å². The van der Waals surface area contributed by atoms with Gasteiger partial charge in [-0.1, -0.05) is 19.1 Å². The number of ether oxygens (including phenoxy) is 1. The Bertz CT molecular complexity index is 438. The fraction of sp³-hybridized carbons (Fsp3) is 0.533. The van der Waals surface area contributed by atoms with Crippen LogP contribution >= 0.6 is 0 Å². The van der Waals surface area contributed by atoms with Crippen molar-refractivity contribution in [3.8, 4) is 5.75 Å². The zero-order valence-electron chi connectivity index (χ0n) is 12.1. The Balaban J connectivity index is 2.65. The number of halogens is 1. The summed E-state index contributed by atoms with van der Waals surface area (Å²) in [6, 6.07) is 4.77. The lowest BCUT2D eigenvalue weighted by Gasteiger charge is -2.15. The van der Waals surface area contributed by atoms with Crippen molar-refractivity contribution in [1.29, 1.82) is 0 Å². The highest BCUT2D eigenvalue weighted by atomic mass is 19.1. The molecule has 0 aliphatic heterocycles. The van der Waals surface area contributed by atoms with Crippen LogP contribution in [0.5, 0.6) is 5.75 Å². The fourth-order valence-corrected chi connectivity index (χ4v) is 1.83. The van der Waals surface area contributed by atoms with Gasteiger partial charge in [0.05, 0.1) is 13.0 Å². The molecular weight excluding hydrogens is 259 g/mol. The number of nitrogens with one attached hydrogen (secondary N) is 1. The molecule has 4 nitrogen and oxygen atoms in total. The molecule has 0 aromatic heterocycles. The van der Waals surface area contributed by atoms with Gasteiger partial charge in [-0.3, -0.25) is 4.79 Å². The molecule has 0 bridgehead atoms. The van der Waals surface area contributed by atoms with Crippen LogP contribution in [0, 0.1) is 5.82 Å². The number of hydrogen-bond donors (Lipinski definition) is 2. The van der Waals surface area contributed by atoms with Gasteiger partial charge in [0.1, 0.15) is 0 Å². The van der Waals surface area contributed by atoms with E-state index in [2.05, 4.69) is 5.32 Å². The summed E-state index contributed by atoms with van der Waals surface area (Å²) in [6.45, 7) is 4.57. The highest BCUT2D eigenvalue weighted by molar-refractivity contribution is 5.75. The Labute approximate surface area is 119 Å². The third-order valence-corrected chi connectivity index (χ3v) is 3.00. The lowest BCUT2D eigenvalue weighted by atomic mass is 10.0. The SMILES string of the molecule is CCNC(=O)CCOc1c(F)cccc1CC(N)CC. The maximum atomic E-state index is 13.8. The average molecular weight is 282 g/mol. The number of hydrogen-bond acceptors (Lipinski definition) is 3. The summed E-state index contributed by atoms with van der Waals surface area (Å²) in [5.41, 5.74) is 6.64. The van der Waals surface area contributed by atoms with Crippen molar-refractivity contribution in [2.75, 3.05) is 13.2 Å². The van der Waals surface area contributed by atoms with Gasteiger partial charge in [0.2, 0.25) is 5.91 Å². The summed E-state index contributed by atoms with van der Waals surface area (Å²) >= 11 is 0. The molecule has 0 radical (unpaired) electrons. The van der Waals surface area contributed by atoms with E-state index in [9.17, 15) is 9.18 Å². The molecule has 1 rings (SSSR count). The van der Waals surface area contributed by atoms with Crippen molar-refractivity contribution >= 4 is 5.91 Å². The molecule has 0 saturated carbocycles. The van der Waals surface area contributed by atoms with E-state index in [0.29, 0.717) is 13.0 Å². The van der Waals surface area contributed by atoms with Crippen molar-refractivity contribution in [3.63, 3.8) is 0 Å². The minimum atomic E-state index is -0.415. The van der Waals surface area contributed by atoms with Crippen LogP contribution in [0.25, 0.3) is 0 Å². The van der Waals surface area contributed by atoms with Crippen LogP contribution in [0.4, 0.5) is 4.39 Å². The molecule has 1 aromatic rings. The molecule has 112 valence electrons. The van der Waals surface area contributed by atoms with Crippen LogP contribution in [0.15, 0.2) is 18.2 Å². The zero-order chi connectivity index (χ0) is 15.0. The van der Waals surface area contributed by atoms with Crippen molar-refractivity contribution < 1.29 is 13.9 Å². The highest BCUT2D eigenvalue weighted by Crippen LogP contribution is 2.24. The van der Waals surface area contributed by atoms with Gasteiger partial charge < -0.3 is 15.8 Å². The fourth-order valence-electron chi connectivity index (χ4n) is 1.83. The number of benzene rings is 1. The maximum absolute atomic E-state index is 13.8. The lowest BCUT2D eigenvalue weighted by Crippen LogP contribution is -2.25. The first-order valence-corrected chi connectivity index (χ1v) is 7.00. The van der Waals surface area contributed by atoms with E-state index in [1.165, 1.54) is 6.07 Å². The summed E-state index contributed by atoms with van der Waals surface area (Å²) in [6.07, 6.45) is 1.58. The molecule has 0 aliphatic rings. The third-order valence-electron chi connectivity index (χ3n) is 3.00. The van der Waals surface area contributed by atoms with Gasteiger partial charge in [0, 0.05) is 12.6 Å². The molecule has 0 fully saturated rings. The minimum Gasteiger partial charge on any atom is -0.490 e. The van der Waals surface area contributed by atoms with E-state index in [1.54, 1.807) is 12.1 Å². The van der Waals surface area contributed by atoms with E-state index in [4.69, 9.17) is 10.5 Å². The Morgan fingerprint density at radius 1 is 1.45 bits per heavy atom. The minimum absolute atomic E-state index is 0.0254. The molecule has 0 spiro atoms. The molecule has 1 amide bonds. The van der Waals surface area contributed by atoms with Gasteiger partial charge in [-0.2, -0.15) is 0 Å². The summed E-state index contributed by atoms with van der Waals surface area (Å²) in [7, 11) is 0. The largest absolute Gasteiger partial charge is 0.490 e. The molecule has 1 aromatic carbocycles. The first-order chi connectivity index (χ1) is 9.58. The predicted octanol–water partition coefficient (Wildman–Crippen LogP) is 2.01. The number of amides is 1. The number of rotatable bonds is 8. The van der Waals surface area contributed by atoms with E-state index in [-0.39, 0.29) is 30.7 Å². The third kappa shape index (κ3) is 5.17. The normalized spacial score (nSPS) is 12.0. The van der Waals surface area contributed by atoms with E-state index in [0.717, 1.165) is 12.0 Å². The Morgan fingerprint density at radius 2 is 2.20 bits per heavy atom. The zero-order valence-corrected chi connectivity index (χ0v) is 12.1. The molecule has 0 heterocycles. The quantitative estimate of drug-likeness (QED) is 0.766. The van der Waals surface area contributed by atoms with Gasteiger partial charge in [-0.25, -0.2) is 4.39 Å². The van der Waals surface area contributed by atoms with Gasteiger partial charge in [-0.05, 0) is 31.4 Å². The number of para-hydroxylation sites is 1. The second-order valence-electron chi connectivity index (χ2n) is 4.65. The van der Waals surface area contributed by atoms with Crippen molar-refractivity contribution in [3.05, 3.63) is 29.6 Å². The van der Waals surface area contributed by atoms with E-state index >= 15 is 0 Å². The van der Waals surface area contributed by atoms with Crippen molar-refractivity contribution in [2.45, 2.75) is 39.2 Å². The smallest absolute Gasteiger partial charge is 0.223 e. The lowest BCUT2D eigenvalue weighted by molar-refractivity contribution is -0.121. The first kappa shape index (κ1) is 16.4. The average Bonchev–Trinajstić information content (AvgIpc) is 2.42. The number of nitrogens with two attached hydrogens (primary N) is 1. The molecule has 0 aliphatic carbocycles. The van der Waals surface area contributed by atoms with Crippen LogP contribution in [0.1, 0.15) is 32.3 Å². The summed E-state index contributed by atoms with van der Waals surface area (Å²) in [5, 5.41) is 2.67. The monoisotopic (exact) mass is 282 g/mol. The Morgan fingerprint density at radius 3 is 2.85 bits per heavy atom. The Kier molecular flexibility index (Phi) is 7.01. The van der Waals surface area contributed by atoms with E-state index in [1.807, 2.05) is 13.8 Å². The Hall–Kier alpha value is -1.62. The molecule has 5 heteroatoms. The summed E-state index contributed by atoms with van der Waals surface area (Å²) in [4.78, 5) is 11.3. The standard InChI is InChI=1S/C15H23FN2O2/c1-3-12(17)10-11-6-5-7-13(16)15(11)20-9-8-14(19)18-4-2/h5-7,12H,3-4,8-10,17H2,1-2H3,(H,18,19). The van der Waals surface area contributed by atoms with Crippen LogP contribution in [0.3, 0.4) is 0 Å². The molecule has 3 N–H and O–H groups in total. The van der Waals surface area contributed by atoms with Crippen molar-refractivity contribution in [1.82, 2.24) is 5.32 Å². The van der Waals surface area contributed by atoms with Crippen LogP contribution in [-0.2, 0) is 11.2 Å². The van der Waals surface area contributed by atoms with Crippen LogP contribution in [0.2, 0.25) is 0 Å². The maximum Gasteiger partial charge on any atom is 0.223 e. The van der Waals surface area contributed by atoms with Gasteiger partial charge in [0.25, 0.3) is 0 Å². The van der Waals surface area contributed by atoms with Gasteiger partial charge in [0.15, 0.2) is 11.6 Å². The predicted molar refractivity (Wildman–Crippen MR) is 77.2 cm³/mol. The summed E-state index contributed by atoms with van der Waals surface area (Å²) < 4.78 is 19.2. The number of carbonyl (C=O) groups excluding carboxylic acids is 1. The van der Waals surface area contributed by atoms with Crippen LogP contribution < -0.4 is 15.8 Å². The van der Waals surface area contributed by atoms with E-state index < -0.39 is 5.82 Å². The van der Waals surface area contributed by atoms with Gasteiger partial charge >= 0.3 is 0 Å². The molecular formula is C15H23FN2O2.